The number of carbonyl (C=O) groups excluding carboxylic acids is 1. The van der Waals surface area contributed by atoms with E-state index in [4.69, 9.17) is 4.74 Å². The van der Waals surface area contributed by atoms with Crippen molar-refractivity contribution < 1.29 is 9.53 Å². The van der Waals surface area contributed by atoms with Gasteiger partial charge in [0.25, 0.3) is 5.91 Å². The zero-order valence-electron chi connectivity index (χ0n) is 14.2. The molecule has 1 N–H and O–H groups in total. The maximum absolute atomic E-state index is 12.0. The van der Waals surface area contributed by atoms with E-state index in [1.54, 1.807) is 6.92 Å². The van der Waals surface area contributed by atoms with Crippen molar-refractivity contribution >= 4 is 11.6 Å². The molecule has 0 aliphatic heterocycles. The number of benzene rings is 2. The predicted molar refractivity (Wildman–Crippen MR) is 97.2 cm³/mol. The summed E-state index contributed by atoms with van der Waals surface area (Å²) in [6, 6.07) is 17.2. The number of anilines is 1. The van der Waals surface area contributed by atoms with Crippen LogP contribution in [-0.4, -0.2) is 32.7 Å². The van der Waals surface area contributed by atoms with Crippen LogP contribution in [0.4, 0.5) is 5.69 Å². The summed E-state index contributed by atoms with van der Waals surface area (Å²) in [6.45, 7) is 2.00. The van der Waals surface area contributed by atoms with E-state index in [1.807, 2.05) is 73.6 Å². The Balaban J connectivity index is 1.87. The third-order valence-electron chi connectivity index (χ3n) is 3.39. The molecule has 0 saturated heterocycles. The first-order valence-electron chi connectivity index (χ1n) is 7.82. The Morgan fingerprint density at radius 2 is 1.79 bits per heavy atom. The molecular formula is C20H22N2O2. The fourth-order valence-electron chi connectivity index (χ4n) is 2.14. The molecule has 2 rings (SSSR count). The first kappa shape index (κ1) is 17.4. The largest absolute Gasteiger partial charge is 0.481 e. The van der Waals surface area contributed by atoms with Crippen molar-refractivity contribution in [1.82, 2.24) is 5.32 Å². The third kappa shape index (κ3) is 5.06. The summed E-state index contributed by atoms with van der Waals surface area (Å²) in [4.78, 5) is 14.0. The maximum atomic E-state index is 12.0. The topological polar surface area (TPSA) is 41.6 Å². The van der Waals surface area contributed by atoms with E-state index in [9.17, 15) is 4.79 Å². The highest BCUT2D eigenvalue weighted by atomic mass is 16.5. The standard InChI is InChI=1S/C20H22N2O2/c1-16(24-18-12-5-4-6-13-18)20(23)21-15-9-11-17-10-7-8-14-19(17)22(2)3/h4-8,10,12-14,16H,15H2,1-3H3,(H,21,23). The van der Waals surface area contributed by atoms with Crippen LogP contribution < -0.4 is 15.0 Å². The van der Waals surface area contributed by atoms with Crippen molar-refractivity contribution in [2.45, 2.75) is 13.0 Å². The summed E-state index contributed by atoms with van der Waals surface area (Å²) in [5.74, 6) is 6.56. The number of nitrogens with one attached hydrogen (secondary N) is 1. The lowest BCUT2D eigenvalue weighted by Gasteiger charge is -2.14. The number of hydrogen-bond acceptors (Lipinski definition) is 3. The van der Waals surface area contributed by atoms with Crippen LogP contribution in [0, 0.1) is 11.8 Å². The number of amides is 1. The monoisotopic (exact) mass is 322 g/mol. The number of para-hydroxylation sites is 2. The van der Waals surface area contributed by atoms with Crippen molar-refractivity contribution in [3.05, 3.63) is 60.2 Å². The van der Waals surface area contributed by atoms with Crippen molar-refractivity contribution in [3.63, 3.8) is 0 Å². The number of carbonyl (C=O) groups is 1. The number of rotatable bonds is 5. The molecule has 0 aromatic heterocycles. The molecule has 0 saturated carbocycles. The Bertz CT molecular complexity index is 730. The van der Waals surface area contributed by atoms with Crippen LogP contribution >= 0.6 is 0 Å². The summed E-state index contributed by atoms with van der Waals surface area (Å²) in [7, 11) is 3.95. The maximum Gasteiger partial charge on any atom is 0.261 e. The van der Waals surface area contributed by atoms with Crippen LogP contribution in [-0.2, 0) is 4.79 Å². The highest BCUT2D eigenvalue weighted by Gasteiger charge is 2.13. The lowest BCUT2D eigenvalue weighted by Crippen LogP contribution is -2.36. The molecule has 4 nitrogen and oxygen atoms in total. The lowest BCUT2D eigenvalue weighted by atomic mass is 10.1. The van der Waals surface area contributed by atoms with Gasteiger partial charge in [0.1, 0.15) is 5.75 Å². The zero-order chi connectivity index (χ0) is 17.4. The normalized spacial score (nSPS) is 11.0. The highest BCUT2D eigenvalue weighted by Crippen LogP contribution is 2.16. The summed E-state index contributed by atoms with van der Waals surface area (Å²) >= 11 is 0. The lowest BCUT2D eigenvalue weighted by molar-refractivity contribution is -0.126. The zero-order valence-corrected chi connectivity index (χ0v) is 14.2. The van der Waals surface area contributed by atoms with Crippen molar-refractivity contribution in [2.75, 3.05) is 25.5 Å². The number of ether oxygens (including phenoxy) is 1. The Kier molecular flexibility index (Phi) is 6.27. The molecule has 124 valence electrons. The summed E-state index contributed by atoms with van der Waals surface area (Å²) in [6.07, 6.45) is -0.566. The van der Waals surface area contributed by atoms with E-state index in [-0.39, 0.29) is 12.5 Å². The van der Waals surface area contributed by atoms with Crippen LogP contribution in [0.5, 0.6) is 5.75 Å². The Morgan fingerprint density at radius 1 is 1.12 bits per heavy atom. The third-order valence-corrected chi connectivity index (χ3v) is 3.39. The first-order valence-corrected chi connectivity index (χ1v) is 7.82. The number of hydrogen-bond donors (Lipinski definition) is 1. The fourth-order valence-corrected chi connectivity index (χ4v) is 2.14. The minimum Gasteiger partial charge on any atom is -0.481 e. The second-order valence-corrected chi connectivity index (χ2v) is 5.50. The molecule has 0 heterocycles. The van der Waals surface area contributed by atoms with Gasteiger partial charge in [0, 0.05) is 19.7 Å². The molecule has 2 aromatic carbocycles. The molecule has 0 bridgehead atoms. The number of nitrogens with zero attached hydrogens (tertiary/aromatic N) is 1. The molecule has 4 heteroatoms. The summed E-state index contributed by atoms with van der Waals surface area (Å²) in [5.41, 5.74) is 1.99. The van der Waals surface area contributed by atoms with Crippen LogP contribution in [0.3, 0.4) is 0 Å². The Morgan fingerprint density at radius 3 is 2.50 bits per heavy atom. The first-order chi connectivity index (χ1) is 11.6. The predicted octanol–water partition coefficient (Wildman–Crippen LogP) is 2.69. The van der Waals surface area contributed by atoms with Gasteiger partial charge in [0.05, 0.1) is 12.2 Å². The average molecular weight is 322 g/mol. The molecule has 0 aliphatic carbocycles. The minimum atomic E-state index is -0.566. The van der Waals surface area contributed by atoms with E-state index >= 15 is 0 Å². The van der Waals surface area contributed by atoms with Gasteiger partial charge in [-0.2, -0.15) is 0 Å². The quantitative estimate of drug-likeness (QED) is 0.861. The van der Waals surface area contributed by atoms with Gasteiger partial charge in [-0.1, -0.05) is 42.2 Å². The van der Waals surface area contributed by atoms with E-state index < -0.39 is 6.10 Å². The van der Waals surface area contributed by atoms with Gasteiger partial charge in [-0.05, 0) is 31.2 Å². The van der Waals surface area contributed by atoms with Gasteiger partial charge in [-0.15, -0.1) is 0 Å². The van der Waals surface area contributed by atoms with Crippen molar-refractivity contribution in [2.24, 2.45) is 0 Å². The summed E-state index contributed by atoms with van der Waals surface area (Å²) in [5, 5.41) is 2.77. The minimum absolute atomic E-state index is 0.186. The Hall–Kier alpha value is -2.93. The van der Waals surface area contributed by atoms with E-state index in [1.165, 1.54) is 0 Å². The van der Waals surface area contributed by atoms with Crippen LogP contribution in [0.1, 0.15) is 12.5 Å². The van der Waals surface area contributed by atoms with E-state index in [0.717, 1.165) is 11.3 Å². The molecule has 24 heavy (non-hydrogen) atoms. The van der Waals surface area contributed by atoms with Gasteiger partial charge in [-0.25, -0.2) is 0 Å². The SMILES string of the molecule is CC(Oc1ccccc1)C(=O)NCC#Cc1ccccc1N(C)C. The van der Waals surface area contributed by atoms with Crippen molar-refractivity contribution in [1.29, 1.82) is 0 Å². The molecule has 0 aliphatic rings. The van der Waals surface area contributed by atoms with E-state index in [0.29, 0.717) is 5.75 Å². The molecule has 1 unspecified atom stereocenters. The summed E-state index contributed by atoms with van der Waals surface area (Å²) < 4.78 is 5.58. The van der Waals surface area contributed by atoms with Gasteiger partial charge < -0.3 is 15.0 Å². The van der Waals surface area contributed by atoms with E-state index in [2.05, 4.69) is 17.2 Å². The van der Waals surface area contributed by atoms with Gasteiger partial charge in [0.15, 0.2) is 6.10 Å². The van der Waals surface area contributed by atoms with Gasteiger partial charge >= 0.3 is 0 Å². The van der Waals surface area contributed by atoms with Crippen LogP contribution in [0.2, 0.25) is 0 Å². The van der Waals surface area contributed by atoms with Crippen molar-refractivity contribution in [3.8, 4) is 17.6 Å². The molecule has 0 radical (unpaired) electrons. The average Bonchev–Trinajstić information content (AvgIpc) is 2.59. The van der Waals surface area contributed by atoms with Gasteiger partial charge in [0.2, 0.25) is 0 Å². The van der Waals surface area contributed by atoms with Crippen LogP contribution in [0.25, 0.3) is 0 Å². The fraction of sp³-hybridized carbons (Fsp3) is 0.250. The molecule has 1 atom stereocenters. The molecule has 1 amide bonds. The smallest absolute Gasteiger partial charge is 0.261 e. The molecule has 2 aromatic rings. The molecular weight excluding hydrogens is 300 g/mol. The van der Waals surface area contributed by atoms with Gasteiger partial charge in [-0.3, -0.25) is 4.79 Å². The molecule has 0 fully saturated rings. The highest BCUT2D eigenvalue weighted by molar-refractivity contribution is 5.81. The second kappa shape index (κ2) is 8.64. The van der Waals surface area contributed by atoms with Crippen LogP contribution in [0.15, 0.2) is 54.6 Å². The second-order valence-electron chi connectivity index (χ2n) is 5.50. The Labute approximate surface area is 143 Å². The molecule has 0 spiro atoms.